The highest BCUT2D eigenvalue weighted by molar-refractivity contribution is 5.88. The molecule has 2 aromatic rings. The van der Waals surface area contributed by atoms with E-state index < -0.39 is 0 Å². The topological polar surface area (TPSA) is 42.0 Å². The molecule has 0 radical (unpaired) electrons. The van der Waals surface area contributed by atoms with E-state index in [9.17, 15) is 4.79 Å². The number of amides is 1. The second kappa shape index (κ2) is 7.54. The molecule has 26 heavy (non-hydrogen) atoms. The van der Waals surface area contributed by atoms with Crippen molar-refractivity contribution >= 4 is 16.9 Å². The molecule has 0 aliphatic carbocycles. The summed E-state index contributed by atoms with van der Waals surface area (Å²) in [5.41, 5.74) is 0. The average Bonchev–Trinajstić information content (AvgIpc) is 3.01. The van der Waals surface area contributed by atoms with Crippen molar-refractivity contribution in [3.8, 4) is 5.75 Å². The van der Waals surface area contributed by atoms with Gasteiger partial charge >= 0.3 is 6.09 Å². The Kier molecular flexibility index (Phi) is 4.98. The third-order valence-electron chi connectivity index (χ3n) is 5.37. The average molecular weight is 354 g/mol. The standard InChI is InChI=1S/C21H26N2O3/c1-16-9-11-22(12-10-16)15-23-13-18(26-21(23)24)14-25-20-8-4-6-17-5-2-3-7-19(17)20/h2-8,16,18H,9-15H2,1H3. The van der Waals surface area contributed by atoms with Gasteiger partial charge < -0.3 is 9.47 Å². The molecule has 1 atom stereocenters. The molecule has 2 heterocycles. The molecule has 0 aromatic heterocycles. The molecule has 5 heteroatoms. The summed E-state index contributed by atoms with van der Waals surface area (Å²) < 4.78 is 11.5. The molecule has 0 saturated carbocycles. The van der Waals surface area contributed by atoms with Crippen LogP contribution in [-0.4, -0.2) is 54.9 Å². The highest BCUT2D eigenvalue weighted by Crippen LogP contribution is 2.26. The van der Waals surface area contributed by atoms with Crippen molar-refractivity contribution in [2.45, 2.75) is 25.9 Å². The Morgan fingerprint density at radius 3 is 2.73 bits per heavy atom. The first-order valence-corrected chi connectivity index (χ1v) is 9.47. The monoisotopic (exact) mass is 354 g/mol. The summed E-state index contributed by atoms with van der Waals surface area (Å²) in [5, 5.41) is 2.23. The van der Waals surface area contributed by atoms with E-state index in [0.29, 0.717) is 19.8 Å². The first-order chi connectivity index (χ1) is 12.7. The van der Waals surface area contributed by atoms with Crippen molar-refractivity contribution < 1.29 is 14.3 Å². The van der Waals surface area contributed by atoms with Crippen LogP contribution in [0.25, 0.3) is 10.8 Å². The molecule has 1 unspecified atom stereocenters. The Bertz CT molecular complexity index is 765. The molecule has 0 spiro atoms. The lowest BCUT2D eigenvalue weighted by atomic mass is 10.00. The van der Waals surface area contributed by atoms with Gasteiger partial charge in [-0.15, -0.1) is 0 Å². The van der Waals surface area contributed by atoms with Gasteiger partial charge in [0.05, 0.1) is 13.2 Å². The van der Waals surface area contributed by atoms with Crippen LogP contribution in [0.4, 0.5) is 4.79 Å². The van der Waals surface area contributed by atoms with E-state index >= 15 is 0 Å². The van der Waals surface area contributed by atoms with Crippen LogP contribution in [-0.2, 0) is 4.74 Å². The normalized spacial score (nSPS) is 22.0. The first kappa shape index (κ1) is 17.2. The second-order valence-corrected chi connectivity index (χ2v) is 7.46. The van der Waals surface area contributed by atoms with Gasteiger partial charge in [-0.2, -0.15) is 0 Å². The van der Waals surface area contributed by atoms with Crippen molar-refractivity contribution in [2.75, 3.05) is 32.9 Å². The minimum Gasteiger partial charge on any atom is -0.489 e. The summed E-state index contributed by atoms with van der Waals surface area (Å²) in [7, 11) is 0. The third-order valence-corrected chi connectivity index (χ3v) is 5.37. The van der Waals surface area contributed by atoms with Crippen LogP contribution < -0.4 is 4.74 Å². The molecule has 5 nitrogen and oxygen atoms in total. The Hall–Kier alpha value is -2.27. The van der Waals surface area contributed by atoms with Crippen LogP contribution in [0.15, 0.2) is 42.5 Å². The molecule has 0 N–H and O–H groups in total. The van der Waals surface area contributed by atoms with Crippen LogP contribution in [0.5, 0.6) is 5.75 Å². The minimum atomic E-state index is -0.227. The van der Waals surface area contributed by atoms with Gasteiger partial charge in [0.2, 0.25) is 0 Å². The Morgan fingerprint density at radius 2 is 1.88 bits per heavy atom. The van der Waals surface area contributed by atoms with Gasteiger partial charge in [-0.05, 0) is 30.2 Å². The lowest BCUT2D eigenvalue weighted by Gasteiger charge is -2.32. The van der Waals surface area contributed by atoms with Crippen molar-refractivity contribution in [3.63, 3.8) is 0 Å². The van der Waals surface area contributed by atoms with E-state index in [-0.39, 0.29) is 12.2 Å². The van der Waals surface area contributed by atoms with Gasteiger partial charge in [0.1, 0.15) is 12.4 Å². The van der Waals surface area contributed by atoms with Crippen LogP contribution in [0.2, 0.25) is 0 Å². The lowest BCUT2D eigenvalue weighted by molar-refractivity contribution is 0.0964. The number of hydrogen-bond donors (Lipinski definition) is 0. The maximum Gasteiger partial charge on any atom is 0.411 e. The highest BCUT2D eigenvalue weighted by atomic mass is 16.6. The Labute approximate surface area is 154 Å². The summed E-state index contributed by atoms with van der Waals surface area (Å²) in [4.78, 5) is 16.3. The Balaban J connectivity index is 1.33. The van der Waals surface area contributed by atoms with Gasteiger partial charge in [-0.1, -0.05) is 43.3 Å². The van der Waals surface area contributed by atoms with Crippen molar-refractivity contribution in [1.82, 2.24) is 9.80 Å². The van der Waals surface area contributed by atoms with E-state index in [1.165, 1.54) is 12.8 Å². The molecular weight excluding hydrogens is 328 g/mol. The predicted molar refractivity (Wildman–Crippen MR) is 101 cm³/mol. The second-order valence-electron chi connectivity index (χ2n) is 7.46. The number of likely N-dealkylation sites (tertiary alicyclic amines) is 1. The van der Waals surface area contributed by atoms with E-state index in [4.69, 9.17) is 9.47 Å². The summed E-state index contributed by atoms with van der Waals surface area (Å²) in [6.07, 6.45) is 1.97. The van der Waals surface area contributed by atoms with Crippen LogP contribution in [0, 0.1) is 5.92 Å². The smallest absolute Gasteiger partial charge is 0.411 e. The lowest BCUT2D eigenvalue weighted by Crippen LogP contribution is -2.42. The molecule has 2 fully saturated rings. The molecular formula is C21H26N2O3. The molecule has 2 aliphatic heterocycles. The molecule has 138 valence electrons. The zero-order chi connectivity index (χ0) is 17.9. The molecule has 2 aliphatic rings. The Morgan fingerprint density at radius 1 is 1.12 bits per heavy atom. The fraction of sp³-hybridized carbons (Fsp3) is 0.476. The van der Waals surface area contributed by atoms with Crippen LogP contribution in [0.1, 0.15) is 19.8 Å². The maximum absolute atomic E-state index is 12.2. The van der Waals surface area contributed by atoms with E-state index in [0.717, 1.165) is 35.5 Å². The van der Waals surface area contributed by atoms with Gasteiger partial charge in [0.15, 0.2) is 6.10 Å². The zero-order valence-corrected chi connectivity index (χ0v) is 15.3. The van der Waals surface area contributed by atoms with Crippen molar-refractivity contribution in [3.05, 3.63) is 42.5 Å². The zero-order valence-electron chi connectivity index (χ0n) is 15.3. The number of hydrogen-bond acceptors (Lipinski definition) is 4. The maximum atomic E-state index is 12.2. The SMILES string of the molecule is CC1CCN(CN2CC(COc3cccc4ccccc34)OC2=O)CC1. The fourth-order valence-corrected chi connectivity index (χ4v) is 3.73. The highest BCUT2D eigenvalue weighted by Gasteiger charge is 2.33. The summed E-state index contributed by atoms with van der Waals surface area (Å²) in [6, 6.07) is 14.2. The van der Waals surface area contributed by atoms with Gasteiger partial charge in [-0.3, -0.25) is 9.80 Å². The predicted octanol–water partition coefficient (Wildman–Crippen LogP) is 3.73. The number of rotatable bonds is 5. The van der Waals surface area contributed by atoms with Gasteiger partial charge in [0.25, 0.3) is 0 Å². The van der Waals surface area contributed by atoms with E-state index in [1.807, 2.05) is 24.3 Å². The van der Waals surface area contributed by atoms with Crippen LogP contribution in [0.3, 0.4) is 0 Å². The largest absolute Gasteiger partial charge is 0.489 e. The van der Waals surface area contributed by atoms with Crippen molar-refractivity contribution in [1.29, 1.82) is 0 Å². The third kappa shape index (κ3) is 3.78. The molecule has 2 aromatic carbocycles. The number of carbonyl (C=O) groups is 1. The number of fused-ring (bicyclic) bond motifs is 1. The number of nitrogens with zero attached hydrogens (tertiary/aromatic N) is 2. The van der Waals surface area contributed by atoms with Gasteiger partial charge in [0, 0.05) is 18.5 Å². The van der Waals surface area contributed by atoms with Gasteiger partial charge in [-0.25, -0.2) is 4.79 Å². The molecule has 4 rings (SSSR count). The quantitative estimate of drug-likeness (QED) is 0.820. The summed E-state index contributed by atoms with van der Waals surface area (Å²) >= 11 is 0. The fourth-order valence-electron chi connectivity index (χ4n) is 3.73. The summed E-state index contributed by atoms with van der Waals surface area (Å²) in [6.45, 7) is 6.05. The molecule has 1 amide bonds. The number of piperidine rings is 1. The number of ether oxygens (including phenoxy) is 2. The number of cyclic esters (lactones) is 1. The van der Waals surface area contributed by atoms with Crippen molar-refractivity contribution in [2.24, 2.45) is 5.92 Å². The number of carbonyl (C=O) groups excluding carboxylic acids is 1. The minimum absolute atomic E-state index is 0.217. The van der Waals surface area contributed by atoms with E-state index in [2.05, 4.69) is 30.0 Å². The molecule has 0 bridgehead atoms. The number of benzene rings is 2. The van der Waals surface area contributed by atoms with E-state index in [1.54, 1.807) is 4.90 Å². The van der Waals surface area contributed by atoms with Crippen LogP contribution >= 0.6 is 0 Å². The summed E-state index contributed by atoms with van der Waals surface area (Å²) in [5.74, 6) is 1.63. The first-order valence-electron chi connectivity index (χ1n) is 9.47. The molecule has 2 saturated heterocycles.